The Kier molecular flexibility index (Phi) is 8.67. The molecule has 0 amide bonds. The summed E-state index contributed by atoms with van der Waals surface area (Å²) in [6, 6.07) is 5.20. The second-order valence-electron chi connectivity index (χ2n) is 5.11. The predicted octanol–water partition coefficient (Wildman–Crippen LogP) is 2.32. The van der Waals surface area contributed by atoms with Gasteiger partial charge in [0.2, 0.25) is 0 Å². The van der Waals surface area contributed by atoms with Crippen molar-refractivity contribution in [1.29, 1.82) is 10.8 Å². The zero-order chi connectivity index (χ0) is 18.7. The molecule has 7 heteroatoms. The summed E-state index contributed by atoms with van der Waals surface area (Å²) in [7, 11) is 0. The largest absolute Gasteiger partial charge is 0.506 e. The van der Waals surface area contributed by atoms with Crippen molar-refractivity contribution in [2.45, 2.75) is 6.42 Å². The summed E-state index contributed by atoms with van der Waals surface area (Å²) < 4.78 is 0. The maximum atomic E-state index is 9.27. The molecule has 25 heavy (non-hydrogen) atoms. The number of benzene rings is 1. The first kappa shape index (κ1) is 20.1. The zero-order valence-electron chi connectivity index (χ0n) is 13.9. The highest BCUT2D eigenvalue weighted by Gasteiger charge is 1.99. The van der Waals surface area contributed by atoms with Gasteiger partial charge in [0.15, 0.2) is 5.11 Å². The van der Waals surface area contributed by atoms with Gasteiger partial charge < -0.3 is 21.5 Å². The number of aromatic hydroxyl groups is 1. The second-order valence-corrected chi connectivity index (χ2v) is 5.52. The lowest BCUT2D eigenvalue weighted by atomic mass is 10.1. The van der Waals surface area contributed by atoms with Gasteiger partial charge in [0.05, 0.1) is 17.1 Å². The van der Waals surface area contributed by atoms with E-state index in [9.17, 15) is 5.11 Å². The molecule has 0 bridgehead atoms. The van der Waals surface area contributed by atoms with Crippen molar-refractivity contribution < 1.29 is 5.11 Å². The first-order valence-corrected chi connectivity index (χ1v) is 8.07. The third-order valence-corrected chi connectivity index (χ3v) is 3.41. The van der Waals surface area contributed by atoms with Crippen LogP contribution in [0.25, 0.3) is 0 Å². The minimum absolute atomic E-state index is 0.116. The molecule has 0 unspecified atom stereocenters. The van der Waals surface area contributed by atoms with E-state index < -0.39 is 0 Å². The van der Waals surface area contributed by atoms with Crippen molar-refractivity contribution in [2.24, 2.45) is 0 Å². The molecule has 1 aliphatic rings. The highest BCUT2D eigenvalue weighted by molar-refractivity contribution is 7.80. The van der Waals surface area contributed by atoms with E-state index in [4.69, 9.17) is 28.8 Å². The van der Waals surface area contributed by atoms with Crippen LogP contribution in [0, 0.1) is 10.8 Å². The molecule has 0 heterocycles. The summed E-state index contributed by atoms with van der Waals surface area (Å²) in [6.07, 6.45) is 9.24. The van der Waals surface area contributed by atoms with E-state index in [0.29, 0.717) is 23.9 Å². The number of nitrogens with two attached hydrogens (primary N) is 1. The van der Waals surface area contributed by atoms with Gasteiger partial charge in [-0.1, -0.05) is 24.3 Å². The van der Waals surface area contributed by atoms with Gasteiger partial charge in [-0.25, -0.2) is 0 Å². The predicted molar refractivity (Wildman–Crippen MR) is 109 cm³/mol. The molecule has 1 aromatic rings. The Balaban J connectivity index is 0.000000324. The molecule has 0 aliphatic heterocycles. The van der Waals surface area contributed by atoms with Gasteiger partial charge in [-0.3, -0.25) is 10.8 Å². The minimum Gasteiger partial charge on any atom is -0.506 e. The van der Waals surface area contributed by atoms with E-state index in [-0.39, 0.29) is 17.2 Å². The Hall–Kier alpha value is -2.93. The van der Waals surface area contributed by atoms with Crippen LogP contribution in [-0.4, -0.2) is 34.7 Å². The summed E-state index contributed by atoms with van der Waals surface area (Å²) in [5.41, 5.74) is 7.62. The van der Waals surface area contributed by atoms with Gasteiger partial charge in [-0.15, -0.1) is 6.58 Å². The Morgan fingerprint density at radius 3 is 2.36 bits per heavy atom. The SMILES string of the molecule is C=CCNC(=S)NCCc1ccc(O)c(N)c1.N=C1C=CC=CC1=N. The molecule has 0 saturated heterocycles. The zero-order valence-corrected chi connectivity index (χ0v) is 14.7. The van der Waals surface area contributed by atoms with Crippen LogP contribution in [-0.2, 0) is 6.42 Å². The summed E-state index contributed by atoms with van der Waals surface area (Å²) in [6.45, 7) is 4.96. The number of nitrogen functional groups attached to an aromatic ring is 1. The van der Waals surface area contributed by atoms with Crippen LogP contribution >= 0.6 is 12.2 Å². The van der Waals surface area contributed by atoms with Gasteiger partial charge in [0.25, 0.3) is 0 Å². The molecule has 132 valence electrons. The lowest BCUT2D eigenvalue weighted by Crippen LogP contribution is -2.36. The molecule has 2 rings (SSSR count). The number of rotatable bonds is 5. The third-order valence-electron chi connectivity index (χ3n) is 3.13. The van der Waals surface area contributed by atoms with Gasteiger partial charge in [0, 0.05) is 13.1 Å². The van der Waals surface area contributed by atoms with Crippen molar-refractivity contribution >= 4 is 34.4 Å². The van der Waals surface area contributed by atoms with Crippen molar-refractivity contribution in [1.82, 2.24) is 10.6 Å². The average molecular weight is 357 g/mol. The Morgan fingerprint density at radius 1 is 1.20 bits per heavy atom. The smallest absolute Gasteiger partial charge is 0.166 e. The van der Waals surface area contributed by atoms with Crippen LogP contribution < -0.4 is 16.4 Å². The summed E-state index contributed by atoms with van der Waals surface area (Å²) in [4.78, 5) is 0. The van der Waals surface area contributed by atoms with E-state index in [1.54, 1.807) is 42.5 Å². The fourth-order valence-electron chi connectivity index (χ4n) is 1.79. The Morgan fingerprint density at radius 2 is 1.84 bits per heavy atom. The summed E-state index contributed by atoms with van der Waals surface area (Å²) in [5, 5.41) is 30.0. The number of phenols is 1. The van der Waals surface area contributed by atoms with E-state index in [2.05, 4.69) is 17.2 Å². The molecule has 0 atom stereocenters. The van der Waals surface area contributed by atoms with Crippen molar-refractivity contribution in [2.75, 3.05) is 18.8 Å². The number of hydrogen-bond acceptors (Lipinski definition) is 5. The lowest BCUT2D eigenvalue weighted by Gasteiger charge is -2.09. The van der Waals surface area contributed by atoms with E-state index in [1.165, 1.54) is 0 Å². The number of phenolic OH excluding ortho intramolecular Hbond substituents is 1. The van der Waals surface area contributed by atoms with Gasteiger partial charge in [-0.2, -0.15) is 0 Å². The molecule has 1 aliphatic carbocycles. The Labute approximate surface area is 153 Å². The van der Waals surface area contributed by atoms with Crippen LogP contribution in [0.2, 0.25) is 0 Å². The molecule has 0 aromatic heterocycles. The van der Waals surface area contributed by atoms with Crippen LogP contribution in [0.4, 0.5) is 5.69 Å². The second kappa shape index (κ2) is 10.8. The molecule has 0 radical (unpaired) electrons. The summed E-state index contributed by atoms with van der Waals surface area (Å²) >= 11 is 5.05. The topological polar surface area (TPSA) is 118 Å². The van der Waals surface area contributed by atoms with Gasteiger partial charge in [0.1, 0.15) is 5.75 Å². The molecule has 0 saturated carbocycles. The fraction of sp³-hybridized carbons (Fsp3) is 0.167. The number of nitrogens with one attached hydrogen (secondary N) is 4. The fourth-order valence-corrected chi connectivity index (χ4v) is 1.98. The molecule has 6 nitrogen and oxygen atoms in total. The quantitative estimate of drug-likeness (QED) is 0.159. The number of allylic oxidation sites excluding steroid dienone is 4. The van der Waals surface area contributed by atoms with Gasteiger partial charge >= 0.3 is 0 Å². The first-order chi connectivity index (χ1) is 11.9. The molecular formula is C18H23N5OS. The van der Waals surface area contributed by atoms with E-state index >= 15 is 0 Å². The highest BCUT2D eigenvalue weighted by atomic mass is 32.1. The van der Waals surface area contributed by atoms with Crippen LogP contribution in [0.1, 0.15) is 5.56 Å². The first-order valence-electron chi connectivity index (χ1n) is 7.66. The maximum absolute atomic E-state index is 9.27. The molecule has 0 spiro atoms. The summed E-state index contributed by atoms with van der Waals surface area (Å²) in [5.74, 6) is 0.116. The van der Waals surface area contributed by atoms with Crippen LogP contribution in [0.15, 0.2) is 55.2 Å². The molecule has 0 fully saturated rings. The molecule has 7 N–H and O–H groups in total. The number of thiocarbonyl (C=S) groups is 1. The normalized spacial score (nSPS) is 12.2. The Bertz CT molecular complexity index is 687. The number of anilines is 1. The van der Waals surface area contributed by atoms with Crippen molar-refractivity contribution in [3.8, 4) is 5.75 Å². The van der Waals surface area contributed by atoms with Crippen molar-refractivity contribution in [3.63, 3.8) is 0 Å². The van der Waals surface area contributed by atoms with Crippen LogP contribution in [0.5, 0.6) is 5.75 Å². The van der Waals surface area contributed by atoms with E-state index in [0.717, 1.165) is 12.0 Å². The monoisotopic (exact) mass is 357 g/mol. The maximum Gasteiger partial charge on any atom is 0.166 e. The van der Waals surface area contributed by atoms with E-state index in [1.807, 2.05) is 6.07 Å². The highest BCUT2D eigenvalue weighted by Crippen LogP contribution is 2.20. The standard InChI is InChI=1S/C12H17N3OS.C6H6N2/c1-2-6-14-12(17)15-7-5-9-3-4-11(16)10(13)8-9;7-5-3-1-2-4-6(5)8/h2-4,8,16H,1,5-7,13H2,(H2,14,15,17);1-4,7-8H. The molecule has 1 aromatic carbocycles. The minimum atomic E-state index is 0.116. The third kappa shape index (κ3) is 7.94. The van der Waals surface area contributed by atoms with Gasteiger partial charge in [-0.05, 0) is 48.5 Å². The average Bonchev–Trinajstić information content (AvgIpc) is 2.59. The van der Waals surface area contributed by atoms with Crippen LogP contribution in [0.3, 0.4) is 0 Å². The number of hydrogen-bond donors (Lipinski definition) is 6. The lowest BCUT2D eigenvalue weighted by molar-refractivity contribution is 0.478. The van der Waals surface area contributed by atoms with Crippen molar-refractivity contribution in [3.05, 3.63) is 60.7 Å². The molecular weight excluding hydrogens is 334 g/mol.